The lowest BCUT2D eigenvalue weighted by atomic mass is 9.92. The van der Waals surface area contributed by atoms with Crippen molar-refractivity contribution >= 4 is 10.9 Å². The van der Waals surface area contributed by atoms with E-state index in [1.807, 2.05) is 18.3 Å². The topological polar surface area (TPSA) is 50.9 Å². The van der Waals surface area contributed by atoms with Crippen molar-refractivity contribution < 1.29 is 0 Å². The Morgan fingerprint density at radius 1 is 1.28 bits per heavy atom. The summed E-state index contributed by atoms with van der Waals surface area (Å²) in [7, 11) is 0. The fraction of sp³-hybridized carbons (Fsp3) is 0.400. The molecule has 0 amide bonds. The van der Waals surface area contributed by atoms with Gasteiger partial charge in [-0.05, 0) is 30.0 Å². The van der Waals surface area contributed by atoms with Crippen LogP contribution in [-0.4, -0.2) is 11.0 Å². The molecule has 0 spiro atoms. The molecule has 3 heteroatoms. The first kappa shape index (κ1) is 13.0. The van der Waals surface area contributed by atoms with Gasteiger partial charge >= 0.3 is 0 Å². The average molecular weight is 243 g/mol. The zero-order chi connectivity index (χ0) is 13.0. The maximum atomic E-state index is 5.68. The molecule has 0 fully saturated rings. The second-order valence-corrected chi connectivity index (χ2v) is 4.85. The van der Waals surface area contributed by atoms with Gasteiger partial charge in [0, 0.05) is 17.6 Å². The molecular formula is C15H21N3. The van der Waals surface area contributed by atoms with Gasteiger partial charge in [-0.25, -0.2) is 0 Å². The molecule has 2 unspecified atom stereocenters. The van der Waals surface area contributed by atoms with Gasteiger partial charge in [0.25, 0.3) is 0 Å². The highest BCUT2D eigenvalue weighted by Crippen LogP contribution is 2.20. The van der Waals surface area contributed by atoms with Crippen LogP contribution in [0.4, 0.5) is 0 Å². The first-order chi connectivity index (χ1) is 8.76. The van der Waals surface area contributed by atoms with Gasteiger partial charge in [-0.15, -0.1) is 0 Å². The van der Waals surface area contributed by atoms with Crippen molar-refractivity contribution in [3.8, 4) is 0 Å². The Bertz CT molecular complexity index is 505. The number of nitrogens with two attached hydrogens (primary N) is 1. The van der Waals surface area contributed by atoms with Gasteiger partial charge in [0.1, 0.15) is 0 Å². The van der Waals surface area contributed by atoms with Crippen molar-refractivity contribution in [3.05, 3.63) is 42.1 Å². The molecule has 3 N–H and O–H groups in total. The van der Waals surface area contributed by atoms with Crippen molar-refractivity contribution in [2.45, 2.75) is 32.7 Å². The Kier molecular flexibility index (Phi) is 4.28. The van der Waals surface area contributed by atoms with E-state index in [1.54, 1.807) is 0 Å². The third-order valence-electron chi connectivity index (χ3n) is 3.72. The van der Waals surface area contributed by atoms with Crippen molar-refractivity contribution in [1.29, 1.82) is 0 Å². The molecule has 1 heterocycles. The third kappa shape index (κ3) is 2.68. The van der Waals surface area contributed by atoms with Gasteiger partial charge < -0.3 is 0 Å². The van der Waals surface area contributed by atoms with Gasteiger partial charge in [-0.1, -0.05) is 38.5 Å². The van der Waals surface area contributed by atoms with E-state index < -0.39 is 0 Å². The number of hydrazine groups is 1. The smallest absolute Gasteiger partial charge is 0.0704 e. The maximum Gasteiger partial charge on any atom is 0.0704 e. The Morgan fingerprint density at radius 2 is 2.06 bits per heavy atom. The number of para-hydroxylation sites is 1. The molecule has 0 radical (unpaired) electrons. The Hall–Kier alpha value is -1.45. The molecule has 2 rings (SSSR count). The van der Waals surface area contributed by atoms with Crippen LogP contribution in [0, 0.1) is 5.92 Å². The summed E-state index contributed by atoms with van der Waals surface area (Å²) >= 11 is 0. The van der Waals surface area contributed by atoms with Crippen LogP contribution >= 0.6 is 0 Å². The molecule has 2 atom stereocenters. The van der Waals surface area contributed by atoms with Crippen LogP contribution in [0.5, 0.6) is 0 Å². The molecule has 1 aromatic carbocycles. The third-order valence-corrected chi connectivity index (χ3v) is 3.72. The van der Waals surface area contributed by atoms with E-state index in [0.29, 0.717) is 12.0 Å². The average Bonchev–Trinajstić information content (AvgIpc) is 2.44. The fourth-order valence-corrected chi connectivity index (χ4v) is 2.28. The molecule has 0 aliphatic carbocycles. The van der Waals surface area contributed by atoms with Crippen molar-refractivity contribution in [1.82, 2.24) is 10.4 Å². The summed E-state index contributed by atoms with van der Waals surface area (Å²) in [6, 6.07) is 10.7. The van der Waals surface area contributed by atoms with Crippen LogP contribution in [0.1, 0.15) is 25.8 Å². The lowest BCUT2D eigenvalue weighted by molar-refractivity contribution is 0.370. The zero-order valence-electron chi connectivity index (χ0n) is 11.1. The van der Waals surface area contributed by atoms with Crippen LogP contribution in [-0.2, 0) is 6.42 Å². The second kappa shape index (κ2) is 5.94. The van der Waals surface area contributed by atoms with E-state index >= 15 is 0 Å². The minimum atomic E-state index is 0.306. The molecule has 0 aliphatic heterocycles. The first-order valence-electron chi connectivity index (χ1n) is 6.55. The summed E-state index contributed by atoms with van der Waals surface area (Å²) in [6.07, 6.45) is 3.94. The van der Waals surface area contributed by atoms with E-state index in [4.69, 9.17) is 5.84 Å². The highest BCUT2D eigenvalue weighted by atomic mass is 15.2. The Morgan fingerprint density at radius 3 is 2.78 bits per heavy atom. The Balaban J connectivity index is 2.30. The molecule has 18 heavy (non-hydrogen) atoms. The summed E-state index contributed by atoms with van der Waals surface area (Å²) in [5, 5.41) is 1.23. The van der Waals surface area contributed by atoms with Gasteiger partial charge in [-0.3, -0.25) is 16.3 Å². The standard InChI is InChI=1S/C15H21N3/c1-3-11(2)15(18-16)10-12-8-9-17-14-7-5-4-6-13(12)14/h4-9,11,15,18H,3,10,16H2,1-2H3. The van der Waals surface area contributed by atoms with Crippen LogP contribution in [0.2, 0.25) is 0 Å². The molecule has 0 aliphatic rings. The number of benzene rings is 1. The number of fused-ring (bicyclic) bond motifs is 1. The van der Waals surface area contributed by atoms with E-state index in [1.165, 1.54) is 10.9 Å². The molecule has 3 nitrogen and oxygen atoms in total. The second-order valence-electron chi connectivity index (χ2n) is 4.85. The van der Waals surface area contributed by atoms with Crippen LogP contribution in [0.15, 0.2) is 36.5 Å². The highest BCUT2D eigenvalue weighted by molar-refractivity contribution is 5.81. The largest absolute Gasteiger partial charge is 0.271 e. The quantitative estimate of drug-likeness (QED) is 0.627. The maximum absolute atomic E-state index is 5.68. The summed E-state index contributed by atoms with van der Waals surface area (Å²) in [4.78, 5) is 4.39. The molecule has 1 aromatic heterocycles. The summed E-state index contributed by atoms with van der Waals surface area (Å²) in [5.41, 5.74) is 5.31. The minimum absolute atomic E-state index is 0.306. The number of rotatable bonds is 5. The van der Waals surface area contributed by atoms with Crippen LogP contribution in [0.3, 0.4) is 0 Å². The fourth-order valence-electron chi connectivity index (χ4n) is 2.28. The first-order valence-corrected chi connectivity index (χ1v) is 6.55. The summed E-state index contributed by atoms with van der Waals surface area (Å²) in [5.74, 6) is 6.23. The predicted molar refractivity (Wildman–Crippen MR) is 76.0 cm³/mol. The monoisotopic (exact) mass is 243 g/mol. The highest BCUT2D eigenvalue weighted by Gasteiger charge is 2.15. The SMILES string of the molecule is CCC(C)C(Cc1ccnc2ccccc12)NN. The molecule has 2 aromatic rings. The number of nitrogens with one attached hydrogen (secondary N) is 1. The molecule has 0 saturated carbocycles. The molecule has 96 valence electrons. The van der Waals surface area contributed by atoms with E-state index in [9.17, 15) is 0 Å². The van der Waals surface area contributed by atoms with Crippen molar-refractivity contribution in [3.63, 3.8) is 0 Å². The molecule has 0 saturated heterocycles. The van der Waals surface area contributed by atoms with E-state index in [0.717, 1.165) is 18.4 Å². The van der Waals surface area contributed by atoms with Crippen molar-refractivity contribution in [2.75, 3.05) is 0 Å². The van der Waals surface area contributed by atoms with Gasteiger partial charge in [-0.2, -0.15) is 0 Å². The Labute approximate surface area is 108 Å². The minimum Gasteiger partial charge on any atom is -0.271 e. The lowest BCUT2D eigenvalue weighted by Crippen LogP contribution is -2.41. The van der Waals surface area contributed by atoms with E-state index in [-0.39, 0.29) is 0 Å². The lowest BCUT2D eigenvalue weighted by Gasteiger charge is -2.22. The number of aromatic nitrogens is 1. The van der Waals surface area contributed by atoms with Crippen LogP contribution in [0.25, 0.3) is 10.9 Å². The van der Waals surface area contributed by atoms with Crippen molar-refractivity contribution in [2.24, 2.45) is 11.8 Å². The zero-order valence-corrected chi connectivity index (χ0v) is 11.1. The normalized spacial score (nSPS) is 14.6. The molecular weight excluding hydrogens is 222 g/mol. The van der Waals surface area contributed by atoms with Gasteiger partial charge in [0.05, 0.1) is 5.52 Å². The summed E-state index contributed by atoms with van der Waals surface area (Å²) < 4.78 is 0. The predicted octanol–water partition coefficient (Wildman–Crippen LogP) is 2.66. The van der Waals surface area contributed by atoms with E-state index in [2.05, 4.69) is 42.5 Å². The molecule has 0 bridgehead atoms. The number of hydrogen-bond acceptors (Lipinski definition) is 3. The van der Waals surface area contributed by atoms with Crippen LogP contribution < -0.4 is 11.3 Å². The number of nitrogens with zero attached hydrogens (tertiary/aromatic N) is 1. The van der Waals surface area contributed by atoms with Gasteiger partial charge in [0.2, 0.25) is 0 Å². The number of hydrogen-bond donors (Lipinski definition) is 2. The number of pyridine rings is 1. The summed E-state index contributed by atoms with van der Waals surface area (Å²) in [6.45, 7) is 4.42. The van der Waals surface area contributed by atoms with Gasteiger partial charge in [0.15, 0.2) is 0 Å².